The molecule has 1 amide bonds. The van der Waals surface area contributed by atoms with Crippen LogP contribution in [0.1, 0.15) is 31.4 Å². The molecule has 1 unspecified atom stereocenters. The van der Waals surface area contributed by atoms with Crippen molar-refractivity contribution in [2.75, 3.05) is 13.1 Å². The number of aliphatic hydroxyl groups is 1. The molecule has 0 aliphatic carbocycles. The van der Waals surface area contributed by atoms with Crippen molar-refractivity contribution in [2.45, 2.75) is 50.3 Å². The first-order valence-corrected chi connectivity index (χ1v) is 13.9. The van der Waals surface area contributed by atoms with Crippen LogP contribution >= 0.6 is 0 Å². The van der Waals surface area contributed by atoms with Gasteiger partial charge in [0.1, 0.15) is 6.61 Å². The van der Waals surface area contributed by atoms with Gasteiger partial charge in [0.15, 0.2) is 0 Å². The van der Waals surface area contributed by atoms with Crippen LogP contribution in [0, 0.1) is 5.92 Å². The third kappa shape index (κ3) is 9.00. The molecule has 0 heterocycles. The molecule has 2 N–H and O–H groups in total. The molecule has 2 atom stereocenters. The molecule has 3 aromatic rings. The van der Waals surface area contributed by atoms with Crippen LogP contribution in [0.5, 0.6) is 0 Å². The maximum absolute atomic E-state index is 13.4. The van der Waals surface area contributed by atoms with Gasteiger partial charge in [-0.3, -0.25) is 0 Å². The van der Waals surface area contributed by atoms with E-state index in [0.29, 0.717) is 12.8 Å². The van der Waals surface area contributed by atoms with E-state index in [1.54, 1.807) is 30.3 Å². The summed E-state index contributed by atoms with van der Waals surface area (Å²) in [5, 5.41) is 14.0. The van der Waals surface area contributed by atoms with E-state index in [9.17, 15) is 18.3 Å². The zero-order valence-corrected chi connectivity index (χ0v) is 22.2. The zero-order valence-electron chi connectivity index (χ0n) is 21.4. The number of amides is 1. The summed E-state index contributed by atoms with van der Waals surface area (Å²) >= 11 is 0. The second-order valence-corrected chi connectivity index (χ2v) is 11.4. The molecule has 198 valence electrons. The number of benzene rings is 3. The van der Waals surface area contributed by atoms with E-state index in [4.69, 9.17) is 4.74 Å². The summed E-state index contributed by atoms with van der Waals surface area (Å²) < 4.78 is 33.6. The van der Waals surface area contributed by atoms with E-state index in [1.165, 1.54) is 4.31 Å². The Bertz CT molecular complexity index is 1190. The molecule has 0 radical (unpaired) electrons. The highest BCUT2D eigenvalue weighted by Crippen LogP contribution is 2.19. The van der Waals surface area contributed by atoms with Crippen LogP contribution in [0.15, 0.2) is 95.9 Å². The van der Waals surface area contributed by atoms with Crippen molar-refractivity contribution in [1.29, 1.82) is 0 Å². The van der Waals surface area contributed by atoms with Crippen molar-refractivity contribution in [3.63, 3.8) is 0 Å². The smallest absolute Gasteiger partial charge is 0.407 e. The number of nitrogens with one attached hydrogen (secondary N) is 1. The van der Waals surface area contributed by atoms with Gasteiger partial charge in [0.2, 0.25) is 10.0 Å². The van der Waals surface area contributed by atoms with Gasteiger partial charge >= 0.3 is 6.09 Å². The number of sulfonamides is 1. The van der Waals surface area contributed by atoms with Crippen LogP contribution in [0.25, 0.3) is 0 Å². The third-order valence-corrected chi connectivity index (χ3v) is 7.89. The Balaban J connectivity index is 1.78. The maximum Gasteiger partial charge on any atom is 0.407 e. The molecule has 3 rings (SSSR count). The third-order valence-electron chi connectivity index (χ3n) is 6.01. The first kappa shape index (κ1) is 28.4. The Hall–Kier alpha value is -3.20. The first-order valence-electron chi connectivity index (χ1n) is 12.5. The van der Waals surface area contributed by atoms with Crippen LogP contribution < -0.4 is 5.32 Å². The fourth-order valence-electron chi connectivity index (χ4n) is 3.86. The number of hydrogen-bond donors (Lipinski definition) is 2. The number of carbonyl (C=O) groups excluding carboxylic acids is 1. The van der Waals surface area contributed by atoms with E-state index in [1.807, 2.05) is 74.5 Å². The molecule has 0 saturated carbocycles. The predicted molar refractivity (Wildman–Crippen MR) is 144 cm³/mol. The molecule has 7 nitrogen and oxygen atoms in total. The van der Waals surface area contributed by atoms with Crippen molar-refractivity contribution in [3.8, 4) is 0 Å². The minimum Gasteiger partial charge on any atom is -0.445 e. The maximum atomic E-state index is 13.4. The van der Waals surface area contributed by atoms with E-state index >= 15 is 0 Å². The Morgan fingerprint density at radius 1 is 0.892 bits per heavy atom. The fourth-order valence-corrected chi connectivity index (χ4v) is 5.35. The van der Waals surface area contributed by atoms with E-state index in [0.717, 1.165) is 11.1 Å². The standard InChI is InChI=1S/C29H36N2O5S/c1-23(2)18-19-31(37(34,35)26-16-10-5-11-17-26)21-28(32)27(20-24-12-6-3-7-13-24)30-29(33)36-22-25-14-8-4-9-15-25/h3-17,23,27-28,32H,18-22H2,1-2H3,(H,30,33)/t27-,28?/m1/s1. The predicted octanol–water partition coefficient (Wildman–Crippen LogP) is 4.62. The summed E-state index contributed by atoms with van der Waals surface area (Å²) in [5.74, 6) is 0.275. The van der Waals surface area contributed by atoms with Gasteiger partial charge in [0.25, 0.3) is 0 Å². The van der Waals surface area contributed by atoms with Gasteiger partial charge in [-0.05, 0) is 42.0 Å². The average molecular weight is 525 g/mol. The zero-order chi connectivity index (χ0) is 26.7. The first-order chi connectivity index (χ1) is 17.8. The molecule has 0 aliphatic heterocycles. The number of rotatable bonds is 13. The number of ether oxygens (including phenoxy) is 1. The molecule has 0 spiro atoms. The number of nitrogens with zero attached hydrogens (tertiary/aromatic N) is 1. The van der Waals surface area contributed by atoms with Gasteiger partial charge in [-0.15, -0.1) is 0 Å². The molecule has 0 saturated heterocycles. The summed E-state index contributed by atoms with van der Waals surface area (Å²) in [6.45, 7) is 4.21. The van der Waals surface area contributed by atoms with Crippen molar-refractivity contribution in [3.05, 3.63) is 102 Å². The molecular weight excluding hydrogens is 488 g/mol. The van der Waals surface area contributed by atoms with Crippen LogP contribution in [0.3, 0.4) is 0 Å². The minimum atomic E-state index is -3.84. The SMILES string of the molecule is CC(C)CCN(CC(O)[C@@H](Cc1ccccc1)NC(=O)OCc1ccccc1)S(=O)(=O)c1ccccc1. The van der Waals surface area contributed by atoms with Crippen molar-refractivity contribution in [1.82, 2.24) is 9.62 Å². The highest BCUT2D eigenvalue weighted by Gasteiger charge is 2.31. The van der Waals surface area contributed by atoms with Gasteiger partial charge in [-0.25, -0.2) is 13.2 Å². The Morgan fingerprint density at radius 2 is 1.43 bits per heavy atom. The van der Waals surface area contributed by atoms with Gasteiger partial charge in [0, 0.05) is 13.1 Å². The second kappa shape index (κ2) is 13.9. The molecule has 0 fully saturated rings. The number of hydrogen-bond acceptors (Lipinski definition) is 5. The average Bonchev–Trinajstić information content (AvgIpc) is 2.91. The highest BCUT2D eigenvalue weighted by molar-refractivity contribution is 7.89. The quantitative estimate of drug-likeness (QED) is 0.340. The molecule has 0 aromatic heterocycles. The summed E-state index contributed by atoms with van der Waals surface area (Å²) in [5.41, 5.74) is 1.74. The monoisotopic (exact) mass is 524 g/mol. The van der Waals surface area contributed by atoms with Crippen molar-refractivity contribution in [2.24, 2.45) is 5.92 Å². The molecule has 3 aromatic carbocycles. The minimum absolute atomic E-state index is 0.0870. The summed E-state index contributed by atoms with van der Waals surface area (Å²) in [6.07, 6.45) is -0.904. The lowest BCUT2D eigenvalue weighted by Gasteiger charge is -2.30. The summed E-state index contributed by atoms with van der Waals surface area (Å²) in [4.78, 5) is 12.8. The van der Waals surface area contributed by atoms with Gasteiger partial charge in [0.05, 0.1) is 17.0 Å². The Kier molecular flexibility index (Phi) is 10.7. The van der Waals surface area contributed by atoms with E-state index in [2.05, 4.69) is 5.32 Å². The van der Waals surface area contributed by atoms with Crippen molar-refractivity contribution >= 4 is 16.1 Å². The fraction of sp³-hybridized carbons (Fsp3) is 0.345. The van der Waals surface area contributed by atoms with Crippen LogP contribution in [-0.4, -0.2) is 49.2 Å². The van der Waals surface area contributed by atoms with Crippen LogP contribution in [0.4, 0.5) is 4.79 Å². The molecule has 0 bridgehead atoms. The topological polar surface area (TPSA) is 95.9 Å². The molecule has 8 heteroatoms. The Labute approximate surface area is 220 Å². The largest absolute Gasteiger partial charge is 0.445 e. The number of carbonyl (C=O) groups is 1. The normalized spacial score (nSPS) is 13.3. The number of alkyl carbamates (subject to hydrolysis) is 1. The molecule has 0 aliphatic rings. The van der Waals surface area contributed by atoms with Crippen LogP contribution in [0.2, 0.25) is 0 Å². The Morgan fingerprint density at radius 3 is 2.00 bits per heavy atom. The summed E-state index contributed by atoms with van der Waals surface area (Å²) in [6, 6.07) is 26.2. The molecular formula is C29H36N2O5S. The molecule has 37 heavy (non-hydrogen) atoms. The summed E-state index contributed by atoms with van der Waals surface area (Å²) in [7, 11) is -3.84. The van der Waals surface area contributed by atoms with Gasteiger partial charge < -0.3 is 15.2 Å². The van der Waals surface area contributed by atoms with Crippen molar-refractivity contribution < 1.29 is 23.1 Å². The number of aliphatic hydroxyl groups excluding tert-OH is 1. The van der Waals surface area contributed by atoms with E-state index in [-0.39, 0.29) is 30.5 Å². The lowest BCUT2D eigenvalue weighted by molar-refractivity contribution is 0.0883. The van der Waals surface area contributed by atoms with Gasteiger partial charge in [-0.1, -0.05) is 92.7 Å². The van der Waals surface area contributed by atoms with Crippen LogP contribution in [-0.2, 0) is 27.8 Å². The lowest BCUT2D eigenvalue weighted by atomic mass is 10.0. The van der Waals surface area contributed by atoms with E-state index < -0.39 is 28.3 Å². The van der Waals surface area contributed by atoms with Gasteiger partial charge in [-0.2, -0.15) is 4.31 Å². The highest BCUT2D eigenvalue weighted by atomic mass is 32.2. The lowest BCUT2D eigenvalue weighted by Crippen LogP contribution is -2.50. The second-order valence-electron chi connectivity index (χ2n) is 9.43.